The van der Waals surface area contributed by atoms with Crippen molar-refractivity contribution in [1.82, 2.24) is 20.1 Å². The minimum atomic E-state index is 0.289. The zero-order chi connectivity index (χ0) is 11.4. The molecule has 0 bridgehead atoms. The molecular formula is C11H16N4S. The predicted octanol–water partition coefficient (Wildman–Crippen LogP) is 2.08. The van der Waals surface area contributed by atoms with Crippen LogP contribution in [0.15, 0.2) is 29.4 Å². The first-order chi connectivity index (χ1) is 7.75. The summed E-state index contributed by atoms with van der Waals surface area (Å²) in [5.41, 5.74) is 2.98. The Balaban J connectivity index is 1.85. The second-order valence-corrected chi connectivity index (χ2v) is 4.65. The molecule has 2 aromatic heterocycles. The van der Waals surface area contributed by atoms with Gasteiger partial charge in [0.25, 0.3) is 0 Å². The predicted molar refractivity (Wildman–Crippen MR) is 65.4 cm³/mol. The molecule has 0 fully saturated rings. The molecule has 2 rings (SSSR count). The van der Waals surface area contributed by atoms with Crippen LogP contribution in [0.5, 0.6) is 0 Å². The molecule has 0 aliphatic carbocycles. The first kappa shape index (κ1) is 11.3. The van der Waals surface area contributed by atoms with E-state index in [2.05, 4.69) is 34.6 Å². The molecule has 0 aliphatic rings. The summed E-state index contributed by atoms with van der Waals surface area (Å²) in [6.07, 6.45) is 3.78. The van der Waals surface area contributed by atoms with E-state index in [-0.39, 0.29) is 6.04 Å². The van der Waals surface area contributed by atoms with Gasteiger partial charge in [0.1, 0.15) is 0 Å². The van der Waals surface area contributed by atoms with Gasteiger partial charge in [-0.25, -0.2) is 4.98 Å². The number of nitrogens with zero attached hydrogens (tertiary/aromatic N) is 3. The fourth-order valence-electron chi connectivity index (χ4n) is 1.69. The van der Waals surface area contributed by atoms with E-state index in [1.54, 1.807) is 17.5 Å². The van der Waals surface area contributed by atoms with Crippen molar-refractivity contribution in [1.29, 1.82) is 0 Å². The highest BCUT2D eigenvalue weighted by molar-refractivity contribution is 7.07. The Morgan fingerprint density at radius 3 is 3.00 bits per heavy atom. The standard InChI is InChI=1S/C11H16N4S/c1-9(6-15-5-3-4-13-15)14-10(2)11-7-16-8-12-11/h3-5,7-10,14H,6H2,1-2H3. The van der Waals surface area contributed by atoms with E-state index in [9.17, 15) is 0 Å². The number of thiazole rings is 1. The molecule has 4 nitrogen and oxygen atoms in total. The maximum Gasteiger partial charge on any atom is 0.0795 e. The van der Waals surface area contributed by atoms with Crippen LogP contribution in [0.2, 0.25) is 0 Å². The Hall–Kier alpha value is -1.20. The van der Waals surface area contributed by atoms with Crippen molar-refractivity contribution < 1.29 is 0 Å². The maximum atomic E-state index is 4.30. The number of rotatable bonds is 5. The minimum absolute atomic E-state index is 0.289. The molecule has 16 heavy (non-hydrogen) atoms. The molecular weight excluding hydrogens is 220 g/mol. The Kier molecular flexibility index (Phi) is 3.69. The lowest BCUT2D eigenvalue weighted by atomic mass is 10.2. The van der Waals surface area contributed by atoms with E-state index in [4.69, 9.17) is 0 Å². The van der Waals surface area contributed by atoms with Crippen molar-refractivity contribution >= 4 is 11.3 Å². The van der Waals surface area contributed by atoms with Crippen LogP contribution in [0.1, 0.15) is 25.6 Å². The minimum Gasteiger partial charge on any atom is -0.304 e. The van der Waals surface area contributed by atoms with Gasteiger partial charge in [0.05, 0.1) is 17.7 Å². The number of nitrogens with one attached hydrogen (secondary N) is 1. The van der Waals surface area contributed by atoms with Gasteiger partial charge in [0, 0.05) is 29.9 Å². The Morgan fingerprint density at radius 1 is 1.50 bits per heavy atom. The lowest BCUT2D eigenvalue weighted by Crippen LogP contribution is -2.32. The monoisotopic (exact) mass is 236 g/mol. The van der Waals surface area contributed by atoms with Gasteiger partial charge in [-0.1, -0.05) is 0 Å². The fraction of sp³-hybridized carbons (Fsp3) is 0.455. The lowest BCUT2D eigenvalue weighted by molar-refractivity contribution is 0.410. The summed E-state index contributed by atoms with van der Waals surface area (Å²) in [4.78, 5) is 4.30. The molecule has 86 valence electrons. The second-order valence-electron chi connectivity index (χ2n) is 3.93. The van der Waals surface area contributed by atoms with E-state index >= 15 is 0 Å². The Bertz CT molecular complexity index is 396. The van der Waals surface area contributed by atoms with Crippen molar-refractivity contribution in [3.63, 3.8) is 0 Å². The van der Waals surface area contributed by atoms with Crippen LogP contribution in [0.25, 0.3) is 0 Å². The molecule has 1 N–H and O–H groups in total. The molecule has 0 radical (unpaired) electrons. The van der Waals surface area contributed by atoms with Gasteiger partial charge in [0.2, 0.25) is 0 Å². The van der Waals surface area contributed by atoms with Crippen LogP contribution in [-0.4, -0.2) is 20.8 Å². The van der Waals surface area contributed by atoms with Crippen molar-refractivity contribution in [3.8, 4) is 0 Å². The zero-order valence-electron chi connectivity index (χ0n) is 9.50. The van der Waals surface area contributed by atoms with E-state index in [0.717, 1.165) is 12.2 Å². The lowest BCUT2D eigenvalue weighted by Gasteiger charge is -2.18. The van der Waals surface area contributed by atoms with E-state index in [1.165, 1.54) is 0 Å². The number of hydrogen-bond donors (Lipinski definition) is 1. The molecule has 2 heterocycles. The largest absolute Gasteiger partial charge is 0.304 e. The molecule has 0 aromatic carbocycles. The van der Waals surface area contributed by atoms with Crippen LogP contribution in [0.4, 0.5) is 0 Å². The normalized spacial score (nSPS) is 14.9. The highest BCUT2D eigenvalue weighted by atomic mass is 32.1. The van der Waals surface area contributed by atoms with Crippen molar-refractivity contribution in [3.05, 3.63) is 35.0 Å². The van der Waals surface area contributed by atoms with Gasteiger partial charge >= 0.3 is 0 Å². The summed E-state index contributed by atoms with van der Waals surface area (Å²) in [5, 5.41) is 9.77. The van der Waals surface area contributed by atoms with Gasteiger partial charge in [0.15, 0.2) is 0 Å². The third-order valence-corrected chi connectivity index (χ3v) is 3.05. The van der Waals surface area contributed by atoms with E-state index in [1.807, 2.05) is 22.5 Å². The Morgan fingerprint density at radius 2 is 2.38 bits per heavy atom. The van der Waals surface area contributed by atoms with Crippen LogP contribution < -0.4 is 5.32 Å². The quantitative estimate of drug-likeness (QED) is 0.864. The molecule has 0 aliphatic heterocycles. The molecule has 0 spiro atoms. The van der Waals surface area contributed by atoms with Crippen LogP contribution in [0, 0.1) is 0 Å². The SMILES string of the molecule is CC(Cn1cccn1)NC(C)c1cscn1. The fourth-order valence-corrected chi connectivity index (χ4v) is 2.34. The molecule has 2 unspecified atom stereocenters. The highest BCUT2D eigenvalue weighted by Gasteiger charge is 2.11. The van der Waals surface area contributed by atoms with Crippen LogP contribution in [0.3, 0.4) is 0 Å². The third-order valence-electron chi connectivity index (χ3n) is 2.45. The van der Waals surface area contributed by atoms with Crippen molar-refractivity contribution in [2.75, 3.05) is 0 Å². The van der Waals surface area contributed by atoms with Gasteiger partial charge < -0.3 is 5.32 Å². The highest BCUT2D eigenvalue weighted by Crippen LogP contribution is 2.12. The zero-order valence-corrected chi connectivity index (χ0v) is 10.3. The van der Waals surface area contributed by atoms with Gasteiger partial charge in [-0.05, 0) is 19.9 Å². The summed E-state index contributed by atoms with van der Waals surface area (Å²) in [5.74, 6) is 0. The Labute approximate surface area is 99.3 Å². The molecule has 0 saturated carbocycles. The number of aromatic nitrogens is 3. The summed E-state index contributed by atoms with van der Waals surface area (Å²) >= 11 is 1.63. The average Bonchev–Trinajstić information content (AvgIpc) is 2.88. The summed E-state index contributed by atoms with van der Waals surface area (Å²) < 4.78 is 1.94. The first-order valence-electron chi connectivity index (χ1n) is 5.37. The van der Waals surface area contributed by atoms with Gasteiger partial charge in [-0.15, -0.1) is 11.3 Å². The van der Waals surface area contributed by atoms with Crippen LogP contribution >= 0.6 is 11.3 Å². The number of hydrogen-bond acceptors (Lipinski definition) is 4. The topological polar surface area (TPSA) is 42.7 Å². The summed E-state index contributed by atoms with van der Waals surface area (Å²) in [7, 11) is 0. The first-order valence-corrected chi connectivity index (χ1v) is 6.31. The molecule has 5 heteroatoms. The second kappa shape index (κ2) is 5.23. The van der Waals surface area contributed by atoms with Gasteiger partial charge in [-0.2, -0.15) is 5.10 Å². The van der Waals surface area contributed by atoms with Crippen molar-refractivity contribution in [2.45, 2.75) is 32.5 Å². The maximum absolute atomic E-state index is 4.30. The molecule has 2 atom stereocenters. The van der Waals surface area contributed by atoms with E-state index < -0.39 is 0 Å². The van der Waals surface area contributed by atoms with Crippen LogP contribution in [-0.2, 0) is 6.54 Å². The summed E-state index contributed by atoms with van der Waals surface area (Å²) in [6.45, 7) is 5.17. The molecule has 2 aromatic rings. The van der Waals surface area contributed by atoms with Gasteiger partial charge in [-0.3, -0.25) is 4.68 Å². The molecule has 0 amide bonds. The smallest absolute Gasteiger partial charge is 0.0795 e. The summed E-state index contributed by atoms with van der Waals surface area (Å²) in [6, 6.07) is 2.60. The molecule has 0 saturated heterocycles. The van der Waals surface area contributed by atoms with E-state index in [0.29, 0.717) is 6.04 Å². The average molecular weight is 236 g/mol. The third kappa shape index (κ3) is 2.90. The van der Waals surface area contributed by atoms with Crippen molar-refractivity contribution in [2.24, 2.45) is 0 Å².